The Morgan fingerprint density at radius 3 is 2.95 bits per heavy atom. The number of nitrogens with one attached hydrogen (secondary N) is 1. The van der Waals surface area contributed by atoms with Crippen LogP contribution in [0.3, 0.4) is 0 Å². The molecule has 4 rings (SSSR count). The number of hydrogen-bond donors (Lipinski definition) is 1. The fourth-order valence-corrected chi connectivity index (χ4v) is 4.79. The van der Waals surface area contributed by atoms with Crippen LogP contribution >= 0.6 is 11.3 Å². The van der Waals surface area contributed by atoms with Gasteiger partial charge in [0.15, 0.2) is 0 Å². The summed E-state index contributed by atoms with van der Waals surface area (Å²) in [6, 6.07) is 4.99. The first-order chi connectivity index (χ1) is 10.7. The SMILES string of the molecule is CN1[C@H](C(=O)NCC2CC2)C[C@@H]2CN(Cc3cccs3)C[C@@H]21. The Kier molecular flexibility index (Phi) is 3.96. The molecule has 0 radical (unpaired) electrons. The molecular weight excluding hydrogens is 294 g/mol. The molecule has 0 spiro atoms. The van der Waals surface area contributed by atoms with Gasteiger partial charge < -0.3 is 5.32 Å². The number of carbonyl (C=O) groups is 1. The van der Waals surface area contributed by atoms with Gasteiger partial charge in [-0.1, -0.05) is 6.07 Å². The first-order valence-electron chi connectivity index (χ1n) is 8.45. The number of fused-ring (bicyclic) bond motifs is 1. The van der Waals surface area contributed by atoms with Crippen molar-refractivity contribution < 1.29 is 4.79 Å². The molecule has 2 aliphatic heterocycles. The second-order valence-corrected chi connectivity index (χ2v) is 8.24. The number of thiophene rings is 1. The largest absolute Gasteiger partial charge is 0.354 e. The fraction of sp³-hybridized carbons (Fsp3) is 0.706. The van der Waals surface area contributed by atoms with Gasteiger partial charge in [0, 0.05) is 37.1 Å². The van der Waals surface area contributed by atoms with E-state index in [1.165, 1.54) is 17.7 Å². The van der Waals surface area contributed by atoms with Crippen LogP contribution in [0.25, 0.3) is 0 Å². The Morgan fingerprint density at radius 1 is 1.41 bits per heavy atom. The molecule has 1 aromatic heterocycles. The first-order valence-corrected chi connectivity index (χ1v) is 9.33. The number of rotatable bonds is 5. The number of likely N-dealkylation sites (tertiary alicyclic amines) is 2. The number of carbonyl (C=O) groups excluding carboxylic acids is 1. The topological polar surface area (TPSA) is 35.6 Å². The first kappa shape index (κ1) is 14.7. The summed E-state index contributed by atoms with van der Waals surface area (Å²) in [5, 5.41) is 5.31. The zero-order valence-electron chi connectivity index (χ0n) is 13.2. The van der Waals surface area contributed by atoms with E-state index in [1.807, 2.05) is 11.3 Å². The van der Waals surface area contributed by atoms with Crippen molar-refractivity contribution in [3.63, 3.8) is 0 Å². The van der Waals surface area contributed by atoms with Crippen molar-refractivity contribution in [2.24, 2.45) is 11.8 Å². The fourth-order valence-electron chi connectivity index (χ4n) is 4.05. The molecule has 22 heavy (non-hydrogen) atoms. The molecule has 1 N–H and O–H groups in total. The van der Waals surface area contributed by atoms with Crippen LogP contribution in [0.1, 0.15) is 24.1 Å². The van der Waals surface area contributed by atoms with Gasteiger partial charge in [-0.3, -0.25) is 14.6 Å². The highest BCUT2D eigenvalue weighted by atomic mass is 32.1. The molecule has 4 nitrogen and oxygen atoms in total. The van der Waals surface area contributed by atoms with E-state index in [-0.39, 0.29) is 11.9 Å². The summed E-state index contributed by atoms with van der Waals surface area (Å²) in [5.41, 5.74) is 0. The van der Waals surface area contributed by atoms with Gasteiger partial charge in [0.2, 0.25) is 5.91 Å². The zero-order valence-corrected chi connectivity index (χ0v) is 14.0. The van der Waals surface area contributed by atoms with Crippen molar-refractivity contribution in [3.8, 4) is 0 Å². The number of amides is 1. The van der Waals surface area contributed by atoms with Gasteiger partial charge in [-0.25, -0.2) is 0 Å². The van der Waals surface area contributed by atoms with Crippen molar-refractivity contribution in [1.29, 1.82) is 0 Å². The number of likely N-dealkylation sites (N-methyl/N-ethyl adjacent to an activating group) is 1. The summed E-state index contributed by atoms with van der Waals surface area (Å²) in [6.07, 6.45) is 3.62. The number of hydrogen-bond acceptors (Lipinski definition) is 4. The van der Waals surface area contributed by atoms with E-state index in [2.05, 4.69) is 39.7 Å². The highest BCUT2D eigenvalue weighted by Gasteiger charge is 2.47. The Labute approximate surface area is 136 Å². The van der Waals surface area contributed by atoms with E-state index in [1.54, 1.807) is 0 Å². The second-order valence-electron chi connectivity index (χ2n) is 7.21. The smallest absolute Gasteiger partial charge is 0.237 e. The van der Waals surface area contributed by atoms with Crippen molar-refractivity contribution in [2.75, 3.05) is 26.7 Å². The predicted molar refractivity (Wildman–Crippen MR) is 88.8 cm³/mol. The molecule has 120 valence electrons. The van der Waals surface area contributed by atoms with Crippen LogP contribution in [0.5, 0.6) is 0 Å². The van der Waals surface area contributed by atoms with Crippen molar-refractivity contribution in [3.05, 3.63) is 22.4 Å². The lowest BCUT2D eigenvalue weighted by Crippen LogP contribution is -2.46. The maximum absolute atomic E-state index is 12.4. The van der Waals surface area contributed by atoms with E-state index in [4.69, 9.17) is 0 Å². The molecule has 5 heteroatoms. The highest BCUT2D eigenvalue weighted by molar-refractivity contribution is 7.09. The molecule has 0 bridgehead atoms. The minimum Gasteiger partial charge on any atom is -0.354 e. The van der Waals surface area contributed by atoms with Crippen LogP contribution in [0.15, 0.2) is 17.5 Å². The van der Waals surface area contributed by atoms with Gasteiger partial charge in [0.1, 0.15) is 0 Å². The van der Waals surface area contributed by atoms with Gasteiger partial charge in [0.05, 0.1) is 6.04 Å². The molecule has 3 heterocycles. The minimum absolute atomic E-state index is 0.0950. The quantitative estimate of drug-likeness (QED) is 0.898. The van der Waals surface area contributed by atoms with Gasteiger partial charge in [0.25, 0.3) is 0 Å². The van der Waals surface area contributed by atoms with Gasteiger partial charge in [-0.2, -0.15) is 0 Å². The minimum atomic E-state index is 0.0950. The third-order valence-electron chi connectivity index (χ3n) is 5.55. The maximum Gasteiger partial charge on any atom is 0.237 e. The van der Waals surface area contributed by atoms with Crippen molar-refractivity contribution in [2.45, 2.75) is 37.9 Å². The monoisotopic (exact) mass is 319 g/mol. The van der Waals surface area contributed by atoms with Crippen LogP contribution < -0.4 is 5.32 Å². The van der Waals surface area contributed by atoms with E-state index in [0.717, 1.165) is 38.5 Å². The van der Waals surface area contributed by atoms with E-state index in [9.17, 15) is 4.79 Å². The van der Waals surface area contributed by atoms with Crippen molar-refractivity contribution >= 4 is 17.2 Å². The Balaban J connectivity index is 1.31. The Bertz CT molecular complexity index is 528. The zero-order chi connectivity index (χ0) is 15.1. The standard InChI is InChI=1S/C17H25N3OS/c1-19-15(17(21)18-8-12-4-5-12)7-13-9-20(11-16(13)19)10-14-3-2-6-22-14/h2-3,6,12-13,15-16H,4-5,7-11H2,1H3,(H,18,21)/t13-,15+,16+/m1/s1. The highest BCUT2D eigenvalue weighted by Crippen LogP contribution is 2.35. The average molecular weight is 319 g/mol. The molecule has 3 aliphatic rings. The molecular formula is C17H25N3OS. The van der Waals surface area contributed by atoms with E-state index < -0.39 is 0 Å². The molecule has 1 saturated carbocycles. The predicted octanol–water partition coefficient (Wildman–Crippen LogP) is 1.78. The molecule has 3 fully saturated rings. The summed E-state index contributed by atoms with van der Waals surface area (Å²) < 4.78 is 0. The van der Waals surface area contributed by atoms with Crippen LogP contribution in [0.4, 0.5) is 0 Å². The van der Waals surface area contributed by atoms with Crippen LogP contribution in [0, 0.1) is 11.8 Å². The maximum atomic E-state index is 12.4. The lowest BCUT2D eigenvalue weighted by atomic mass is 10.0. The van der Waals surface area contributed by atoms with E-state index in [0.29, 0.717) is 12.0 Å². The Hall–Kier alpha value is -0.910. The molecule has 3 atom stereocenters. The molecule has 2 saturated heterocycles. The second kappa shape index (κ2) is 5.95. The third kappa shape index (κ3) is 2.94. The number of nitrogens with zero attached hydrogens (tertiary/aromatic N) is 2. The van der Waals surface area contributed by atoms with Crippen molar-refractivity contribution in [1.82, 2.24) is 15.1 Å². The normalized spacial score (nSPS) is 32.3. The van der Waals surface area contributed by atoms with E-state index >= 15 is 0 Å². The lowest BCUT2D eigenvalue weighted by Gasteiger charge is -2.26. The molecule has 1 aromatic rings. The summed E-state index contributed by atoms with van der Waals surface area (Å²) in [4.78, 5) is 18.7. The summed E-state index contributed by atoms with van der Waals surface area (Å²) in [5.74, 6) is 1.67. The summed E-state index contributed by atoms with van der Waals surface area (Å²) in [6.45, 7) is 4.20. The third-order valence-corrected chi connectivity index (χ3v) is 6.41. The Morgan fingerprint density at radius 2 is 2.27 bits per heavy atom. The average Bonchev–Trinajstić information content (AvgIpc) is 2.90. The lowest BCUT2D eigenvalue weighted by molar-refractivity contribution is -0.125. The summed E-state index contributed by atoms with van der Waals surface area (Å²) >= 11 is 1.84. The molecule has 1 amide bonds. The van der Waals surface area contributed by atoms with Crippen LogP contribution in [-0.4, -0.2) is 54.5 Å². The van der Waals surface area contributed by atoms with Gasteiger partial charge in [-0.15, -0.1) is 11.3 Å². The van der Waals surface area contributed by atoms with Gasteiger partial charge in [-0.05, 0) is 49.6 Å². The molecule has 0 aromatic carbocycles. The van der Waals surface area contributed by atoms with Crippen LogP contribution in [0.2, 0.25) is 0 Å². The van der Waals surface area contributed by atoms with Crippen LogP contribution in [-0.2, 0) is 11.3 Å². The van der Waals surface area contributed by atoms with Gasteiger partial charge >= 0.3 is 0 Å². The summed E-state index contributed by atoms with van der Waals surface area (Å²) in [7, 11) is 2.14. The molecule has 1 aliphatic carbocycles. The molecule has 0 unspecified atom stereocenters.